The number of nitrogens with zero attached hydrogens (tertiary/aromatic N) is 1. The third-order valence-electron chi connectivity index (χ3n) is 4.64. The van der Waals surface area contributed by atoms with Crippen LogP contribution in [0.15, 0.2) is 42.5 Å². The van der Waals surface area contributed by atoms with Crippen molar-refractivity contribution in [1.29, 1.82) is 0 Å². The molecule has 1 unspecified atom stereocenters. The van der Waals surface area contributed by atoms with Crippen LogP contribution >= 0.6 is 0 Å². The third kappa shape index (κ3) is 5.33. The number of likely N-dealkylation sites (N-methyl/N-ethyl adjacent to an activating group) is 1. The highest BCUT2D eigenvalue weighted by Crippen LogP contribution is 2.18. The smallest absolute Gasteiger partial charge is 0.260 e. The Morgan fingerprint density at radius 3 is 2.11 bits per heavy atom. The Kier molecular flexibility index (Phi) is 6.99. The minimum absolute atomic E-state index is 0.0879. The van der Waals surface area contributed by atoms with Crippen molar-refractivity contribution in [2.75, 3.05) is 20.3 Å². The maximum absolute atomic E-state index is 12.7. The lowest BCUT2D eigenvalue weighted by atomic mass is 10.00. The molecule has 0 aliphatic rings. The molecule has 2 aromatic rings. The highest BCUT2D eigenvalue weighted by molar-refractivity contribution is 6.01. The van der Waals surface area contributed by atoms with E-state index in [4.69, 9.17) is 9.47 Å². The van der Waals surface area contributed by atoms with Crippen LogP contribution in [0.1, 0.15) is 35.3 Å². The summed E-state index contributed by atoms with van der Waals surface area (Å²) in [4.78, 5) is 26.5. The molecule has 0 N–H and O–H groups in total. The van der Waals surface area contributed by atoms with Crippen LogP contribution in [0.4, 0.5) is 0 Å². The molecular formula is C22H27NO4. The summed E-state index contributed by atoms with van der Waals surface area (Å²) in [7, 11) is 1.62. The van der Waals surface area contributed by atoms with Crippen LogP contribution in [-0.2, 0) is 4.79 Å². The van der Waals surface area contributed by atoms with Crippen molar-refractivity contribution < 1.29 is 19.1 Å². The average Bonchev–Trinajstić information content (AvgIpc) is 2.67. The van der Waals surface area contributed by atoms with Crippen molar-refractivity contribution in [2.45, 2.75) is 33.7 Å². The van der Waals surface area contributed by atoms with Gasteiger partial charge in [0.25, 0.3) is 5.91 Å². The predicted octanol–water partition coefficient (Wildman–Crippen LogP) is 3.81. The van der Waals surface area contributed by atoms with E-state index >= 15 is 0 Å². The molecular weight excluding hydrogens is 342 g/mol. The number of carbonyl (C=O) groups is 2. The first-order valence-electron chi connectivity index (χ1n) is 9.06. The Morgan fingerprint density at radius 1 is 0.963 bits per heavy atom. The van der Waals surface area contributed by atoms with Crippen molar-refractivity contribution in [3.05, 3.63) is 59.2 Å². The van der Waals surface area contributed by atoms with Gasteiger partial charge in [-0.25, -0.2) is 0 Å². The standard InChI is InChI=1S/C22H27NO4/c1-6-26-19-9-11-20(12-10-19)27-14-21(24)23(5)17(4)22(25)18-8-7-15(2)16(3)13-18/h7-13,17H,6,14H2,1-5H3. The average molecular weight is 369 g/mol. The normalized spacial score (nSPS) is 11.6. The molecule has 144 valence electrons. The summed E-state index contributed by atoms with van der Waals surface area (Å²) < 4.78 is 10.9. The summed E-state index contributed by atoms with van der Waals surface area (Å²) in [5.74, 6) is 0.984. The van der Waals surface area contributed by atoms with Crippen LogP contribution < -0.4 is 9.47 Å². The number of ether oxygens (including phenoxy) is 2. The van der Waals surface area contributed by atoms with Crippen molar-refractivity contribution in [2.24, 2.45) is 0 Å². The van der Waals surface area contributed by atoms with Gasteiger partial charge in [-0.1, -0.05) is 12.1 Å². The maximum atomic E-state index is 12.7. The Balaban J connectivity index is 1.94. The van der Waals surface area contributed by atoms with E-state index in [0.29, 0.717) is 17.9 Å². The molecule has 2 rings (SSSR count). The molecule has 0 aromatic heterocycles. The molecule has 0 saturated heterocycles. The van der Waals surface area contributed by atoms with Gasteiger partial charge in [0, 0.05) is 12.6 Å². The second-order valence-corrected chi connectivity index (χ2v) is 6.54. The minimum atomic E-state index is -0.566. The highest BCUT2D eigenvalue weighted by Gasteiger charge is 2.24. The van der Waals surface area contributed by atoms with E-state index in [9.17, 15) is 9.59 Å². The molecule has 1 amide bonds. The zero-order chi connectivity index (χ0) is 20.0. The largest absolute Gasteiger partial charge is 0.494 e. The molecule has 27 heavy (non-hydrogen) atoms. The Bertz CT molecular complexity index is 798. The van der Waals surface area contributed by atoms with Gasteiger partial charge in [0.1, 0.15) is 11.5 Å². The molecule has 0 spiro atoms. The van der Waals surface area contributed by atoms with Gasteiger partial charge >= 0.3 is 0 Å². The van der Waals surface area contributed by atoms with Gasteiger partial charge < -0.3 is 14.4 Å². The molecule has 0 radical (unpaired) electrons. The zero-order valence-electron chi connectivity index (χ0n) is 16.6. The Labute approximate surface area is 160 Å². The molecule has 0 saturated carbocycles. The summed E-state index contributed by atoms with van der Waals surface area (Å²) in [6.45, 7) is 8.08. The summed E-state index contributed by atoms with van der Waals surface area (Å²) in [5, 5.41) is 0. The second-order valence-electron chi connectivity index (χ2n) is 6.54. The van der Waals surface area contributed by atoms with Crippen LogP contribution in [-0.4, -0.2) is 42.9 Å². The zero-order valence-corrected chi connectivity index (χ0v) is 16.6. The quantitative estimate of drug-likeness (QED) is 0.664. The first-order valence-corrected chi connectivity index (χ1v) is 9.06. The van der Waals surface area contributed by atoms with Crippen molar-refractivity contribution in [3.63, 3.8) is 0 Å². The number of hydrogen-bond donors (Lipinski definition) is 0. The van der Waals surface area contributed by atoms with Gasteiger partial charge in [-0.3, -0.25) is 9.59 Å². The number of hydrogen-bond acceptors (Lipinski definition) is 4. The number of aryl methyl sites for hydroxylation is 2. The maximum Gasteiger partial charge on any atom is 0.260 e. The fourth-order valence-corrected chi connectivity index (χ4v) is 2.57. The molecule has 2 aromatic carbocycles. The van der Waals surface area contributed by atoms with Crippen molar-refractivity contribution >= 4 is 11.7 Å². The third-order valence-corrected chi connectivity index (χ3v) is 4.64. The number of rotatable bonds is 8. The van der Waals surface area contributed by atoms with E-state index in [0.717, 1.165) is 16.9 Å². The number of carbonyl (C=O) groups excluding carboxylic acids is 2. The molecule has 0 aliphatic carbocycles. The number of amides is 1. The van der Waals surface area contributed by atoms with Gasteiger partial charge in [-0.2, -0.15) is 0 Å². The number of ketones is 1. The highest BCUT2D eigenvalue weighted by atomic mass is 16.5. The summed E-state index contributed by atoms with van der Waals surface area (Å²) in [5.41, 5.74) is 2.80. The topological polar surface area (TPSA) is 55.8 Å². The van der Waals surface area contributed by atoms with E-state index in [-0.39, 0.29) is 18.3 Å². The SMILES string of the molecule is CCOc1ccc(OCC(=O)N(C)C(C)C(=O)c2ccc(C)c(C)c2)cc1. The van der Waals surface area contributed by atoms with E-state index < -0.39 is 6.04 Å². The summed E-state index contributed by atoms with van der Waals surface area (Å²) in [6, 6.07) is 12.1. The number of Topliss-reactive ketones (excluding diaryl/α,β-unsaturated/α-hetero) is 1. The lowest BCUT2D eigenvalue weighted by molar-refractivity contribution is -0.133. The lowest BCUT2D eigenvalue weighted by Gasteiger charge is -2.24. The molecule has 5 heteroatoms. The molecule has 0 fully saturated rings. The van der Waals surface area contributed by atoms with Crippen LogP contribution in [0.5, 0.6) is 11.5 Å². The first-order chi connectivity index (χ1) is 12.8. The second kappa shape index (κ2) is 9.21. The molecule has 5 nitrogen and oxygen atoms in total. The Morgan fingerprint density at radius 2 is 1.56 bits per heavy atom. The van der Waals surface area contributed by atoms with Crippen LogP contribution in [0.3, 0.4) is 0 Å². The van der Waals surface area contributed by atoms with Gasteiger partial charge in [-0.15, -0.1) is 0 Å². The molecule has 0 bridgehead atoms. The van der Waals surface area contributed by atoms with Crippen LogP contribution in [0, 0.1) is 13.8 Å². The summed E-state index contributed by atoms with van der Waals surface area (Å²) in [6.07, 6.45) is 0. The molecule has 0 aliphatic heterocycles. The van der Waals surface area contributed by atoms with Crippen LogP contribution in [0.25, 0.3) is 0 Å². The number of benzene rings is 2. The monoisotopic (exact) mass is 369 g/mol. The van der Waals surface area contributed by atoms with E-state index in [1.807, 2.05) is 32.9 Å². The molecule has 1 atom stereocenters. The molecule has 0 heterocycles. The Hall–Kier alpha value is -2.82. The van der Waals surface area contributed by atoms with Gasteiger partial charge in [0.15, 0.2) is 12.4 Å². The fourth-order valence-electron chi connectivity index (χ4n) is 2.57. The van der Waals surface area contributed by atoms with E-state index in [1.54, 1.807) is 44.3 Å². The first kappa shape index (κ1) is 20.5. The lowest BCUT2D eigenvalue weighted by Crippen LogP contribution is -2.42. The van der Waals surface area contributed by atoms with Gasteiger partial charge in [-0.05, 0) is 69.2 Å². The van der Waals surface area contributed by atoms with Crippen molar-refractivity contribution in [1.82, 2.24) is 4.90 Å². The van der Waals surface area contributed by atoms with Crippen molar-refractivity contribution in [3.8, 4) is 11.5 Å². The van der Waals surface area contributed by atoms with Gasteiger partial charge in [0.05, 0.1) is 12.6 Å². The van der Waals surface area contributed by atoms with E-state index in [1.165, 1.54) is 4.90 Å². The minimum Gasteiger partial charge on any atom is -0.494 e. The van der Waals surface area contributed by atoms with Gasteiger partial charge in [0.2, 0.25) is 0 Å². The predicted molar refractivity (Wildman–Crippen MR) is 106 cm³/mol. The fraction of sp³-hybridized carbons (Fsp3) is 0.364. The van der Waals surface area contributed by atoms with Crippen LogP contribution in [0.2, 0.25) is 0 Å². The van der Waals surface area contributed by atoms with E-state index in [2.05, 4.69) is 0 Å². The summed E-state index contributed by atoms with van der Waals surface area (Å²) >= 11 is 0.